The van der Waals surface area contributed by atoms with Crippen LogP contribution < -0.4 is 0 Å². The predicted octanol–water partition coefficient (Wildman–Crippen LogP) is 1.19. The van der Waals surface area contributed by atoms with Crippen molar-refractivity contribution in [2.45, 2.75) is 0 Å². The Balaban J connectivity index is 2.85. The number of fused-ring (bicyclic) bond motifs is 1. The van der Waals surface area contributed by atoms with Crippen molar-refractivity contribution in [3.63, 3.8) is 0 Å². The molecular weight excluding hydrogens is 238 g/mol. The summed E-state index contributed by atoms with van der Waals surface area (Å²) in [6.45, 7) is 0. The molecule has 0 saturated heterocycles. The van der Waals surface area contributed by atoms with Gasteiger partial charge in [-0.1, -0.05) is 0 Å². The molecule has 66 valence electrons. The van der Waals surface area contributed by atoms with Crippen LogP contribution in [0.2, 0.25) is 0 Å². The van der Waals surface area contributed by atoms with Crippen LogP contribution in [-0.4, -0.2) is 25.4 Å². The van der Waals surface area contributed by atoms with Crippen molar-refractivity contribution in [1.29, 1.82) is 0 Å². The molecule has 2 heterocycles. The highest BCUT2D eigenvalue weighted by Gasteiger charge is 2.15. The number of halogens is 1. The fourth-order valence-electron chi connectivity index (χ4n) is 1.03. The molecule has 0 aromatic carbocycles. The van der Waals surface area contributed by atoms with Crippen molar-refractivity contribution in [2.75, 3.05) is 0 Å². The van der Waals surface area contributed by atoms with E-state index in [1.807, 2.05) is 0 Å². The zero-order valence-corrected chi connectivity index (χ0v) is 7.89. The smallest absolute Gasteiger partial charge is 0.358 e. The van der Waals surface area contributed by atoms with Crippen LogP contribution in [0.5, 0.6) is 0 Å². The Morgan fingerprint density at radius 1 is 1.62 bits per heavy atom. The van der Waals surface area contributed by atoms with Crippen LogP contribution in [-0.2, 0) is 0 Å². The largest absolute Gasteiger partial charge is 0.476 e. The van der Waals surface area contributed by atoms with Crippen LogP contribution >= 0.6 is 15.9 Å². The Bertz CT molecular complexity index is 480. The van der Waals surface area contributed by atoms with Crippen LogP contribution in [0, 0.1) is 0 Å². The summed E-state index contributed by atoms with van der Waals surface area (Å²) in [6, 6.07) is 1.70. The fraction of sp³-hybridized carbons (Fsp3) is 0. The van der Waals surface area contributed by atoms with Crippen molar-refractivity contribution in [1.82, 2.24) is 14.4 Å². The lowest BCUT2D eigenvalue weighted by atomic mass is 10.4. The molecule has 5 nitrogen and oxygen atoms in total. The second-order valence-electron chi connectivity index (χ2n) is 2.35. The number of hydrogen-bond acceptors (Lipinski definition) is 3. The highest BCUT2D eigenvalue weighted by molar-refractivity contribution is 9.10. The maximum Gasteiger partial charge on any atom is 0.358 e. The summed E-state index contributed by atoms with van der Waals surface area (Å²) in [4.78, 5) is 18.4. The topological polar surface area (TPSA) is 67.5 Å². The molecule has 2 rings (SSSR count). The highest BCUT2D eigenvalue weighted by atomic mass is 79.9. The molecule has 13 heavy (non-hydrogen) atoms. The van der Waals surface area contributed by atoms with Crippen LogP contribution in [0.4, 0.5) is 0 Å². The zero-order chi connectivity index (χ0) is 9.42. The minimum absolute atomic E-state index is 0.0486. The number of carboxylic acid groups (broad SMARTS) is 1. The maximum absolute atomic E-state index is 10.7. The SMILES string of the molecule is O=C(O)c1nc(Br)n2cccnc12. The summed E-state index contributed by atoms with van der Waals surface area (Å²) < 4.78 is 2.00. The van der Waals surface area contributed by atoms with Gasteiger partial charge in [0, 0.05) is 12.4 Å². The second-order valence-corrected chi connectivity index (χ2v) is 3.06. The third kappa shape index (κ3) is 1.19. The molecule has 0 unspecified atom stereocenters. The zero-order valence-electron chi connectivity index (χ0n) is 6.31. The van der Waals surface area contributed by atoms with E-state index >= 15 is 0 Å². The highest BCUT2D eigenvalue weighted by Crippen LogP contribution is 2.14. The Hall–Kier alpha value is -1.43. The van der Waals surface area contributed by atoms with Gasteiger partial charge in [-0.2, -0.15) is 0 Å². The van der Waals surface area contributed by atoms with E-state index in [9.17, 15) is 4.79 Å². The van der Waals surface area contributed by atoms with Crippen molar-refractivity contribution >= 4 is 27.5 Å². The summed E-state index contributed by atoms with van der Waals surface area (Å²) in [5.41, 5.74) is 0.286. The first kappa shape index (κ1) is 8.18. The van der Waals surface area contributed by atoms with E-state index < -0.39 is 5.97 Å². The number of nitrogens with zero attached hydrogens (tertiary/aromatic N) is 3. The Morgan fingerprint density at radius 2 is 2.38 bits per heavy atom. The number of aromatic nitrogens is 3. The molecule has 0 saturated carbocycles. The van der Waals surface area contributed by atoms with Crippen molar-refractivity contribution < 1.29 is 9.90 Å². The van der Waals surface area contributed by atoms with Gasteiger partial charge in [0.1, 0.15) is 0 Å². The van der Waals surface area contributed by atoms with Gasteiger partial charge in [-0.15, -0.1) is 0 Å². The first-order valence-electron chi connectivity index (χ1n) is 3.42. The van der Waals surface area contributed by atoms with E-state index in [1.54, 1.807) is 16.7 Å². The lowest BCUT2D eigenvalue weighted by molar-refractivity contribution is 0.0693. The molecule has 1 N–H and O–H groups in total. The van der Waals surface area contributed by atoms with Crippen LogP contribution in [0.3, 0.4) is 0 Å². The average Bonchev–Trinajstić information content (AvgIpc) is 2.45. The molecule has 0 fully saturated rings. The van der Waals surface area contributed by atoms with Crippen LogP contribution in [0.25, 0.3) is 5.65 Å². The van der Waals surface area contributed by atoms with Crippen molar-refractivity contribution in [2.24, 2.45) is 0 Å². The molecule has 0 aliphatic heterocycles. The van der Waals surface area contributed by atoms with Gasteiger partial charge in [-0.25, -0.2) is 14.8 Å². The Morgan fingerprint density at radius 3 is 3.08 bits per heavy atom. The predicted molar refractivity (Wildman–Crippen MR) is 47.6 cm³/mol. The number of imidazole rings is 1. The molecule has 0 aliphatic carbocycles. The average molecular weight is 242 g/mol. The van der Waals surface area contributed by atoms with Gasteiger partial charge in [-0.3, -0.25) is 4.40 Å². The standard InChI is InChI=1S/C7H4BrN3O2/c8-7-10-4(6(12)13)5-9-2-1-3-11(5)7/h1-3H,(H,12,13). The number of rotatable bonds is 1. The maximum atomic E-state index is 10.7. The minimum atomic E-state index is -1.08. The van der Waals surface area contributed by atoms with Gasteiger partial charge >= 0.3 is 5.97 Å². The Labute approximate surface area is 81.2 Å². The third-order valence-electron chi connectivity index (χ3n) is 1.56. The molecule has 0 atom stereocenters. The molecule has 0 radical (unpaired) electrons. The van der Waals surface area contributed by atoms with E-state index in [4.69, 9.17) is 5.11 Å². The third-order valence-corrected chi connectivity index (χ3v) is 2.12. The second kappa shape index (κ2) is 2.81. The molecule has 2 aromatic rings. The fourth-order valence-corrected chi connectivity index (χ4v) is 1.50. The van der Waals surface area contributed by atoms with Crippen LogP contribution in [0.15, 0.2) is 23.2 Å². The number of hydrogen-bond donors (Lipinski definition) is 1. The van der Waals surface area contributed by atoms with E-state index in [1.165, 1.54) is 6.20 Å². The molecule has 0 spiro atoms. The summed E-state index contributed by atoms with van der Waals surface area (Å²) in [6.07, 6.45) is 3.21. The van der Waals surface area contributed by atoms with Crippen molar-refractivity contribution in [3.8, 4) is 0 Å². The molecule has 0 aliphatic rings. The first-order chi connectivity index (χ1) is 6.20. The van der Waals surface area contributed by atoms with Crippen molar-refractivity contribution in [3.05, 3.63) is 28.9 Å². The molecular formula is C7H4BrN3O2. The molecule has 0 bridgehead atoms. The summed E-state index contributed by atoms with van der Waals surface area (Å²) >= 11 is 3.13. The number of carbonyl (C=O) groups is 1. The molecule has 6 heteroatoms. The van der Waals surface area contributed by atoms with E-state index in [-0.39, 0.29) is 5.69 Å². The van der Waals surface area contributed by atoms with E-state index in [2.05, 4.69) is 25.9 Å². The summed E-state index contributed by atoms with van der Waals surface area (Å²) in [5, 5.41) is 8.76. The van der Waals surface area contributed by atoms with Gasteiger partial charge in [-0.05, 0) is 22.0 Å². The minimum Gasteiger partial charge on any atom is -0.476 e. The molecule has 0 amide bonds. The summed E-state index contributed by atoms with van der Waals surface area (Å²) in [5.74, 6) is -1.08. The van der Waals surface area contributed by atoms with Gasteiger partial charge in [0.05, 0.1) is 0 Å². The van der Waals surface area contributed by atoms with Gasteiger partial charge < -0.3 is 5.11 Å². The first-order valence-corrected chi connectivity index (χ1v) is 4.21. The summed E-state index contributed by atoms with van der Waals surface area (Å²) in [7, 11) is 0. The lowest BCUT2D eigenvalue weighted by Gasteiger charge is -1.91. The van der Waals surface area contributed by atoms with Crippen LogP contribution in [0.1, 0.15) is 10.5 Å². The number of aromatic carboxylic acids is 1. The number of carboxylic acids is 1. The van der Waals surface area contributed by atoms with E-state index in [0.29, 0.717) is 10.4 Å². The monoisotopic (exact) mass is 241 g/mol. The van der Waals surface area contributed by atoms with Gasteiger partial charge in [0.15, 0.2) is 16.1 Å². The quantitative estimate of drug-likeness (QED) is 0.815. The Kier molecular flexibility index (Phi) is 1.77. The van der Waals surface area contributed by atoms with Gasteiger partial charge in [0.2, 0.25) is 0 Å². The normalized spacial score (nSPS) is 10.5. The molecule has 2 aromatic heterocycles. The van der Waals surface area contributed by atoms with Gasteiger partial charge in [0.25, 0.3) is 0 Å². The lowest BCUT2D eigenvalue weighted by Crippen LogP contribution is -1.98. The van der Waals surface area contributed by atoms with E-state index in [0.717, 1.165) is 0 Å².